The zero-order valence-corrected chi connectivity index (χ0v) is 16.7. The molecule has 0 fully saturated rings. The fraction of sp³-hybridized carbons (Fsp3) is 0.211. The van der Waals surface area contributed by atoms with E-state index in [0.717, 1.165) is 11.0 Å². The van der Waals surface area contributed by atoms with Crippen molar-refractivity contribution in [1.82, 2.24) is 0 Å². The topological polar surface area (TPSA) is 69.7 Å². The predicted molar refractivity (Wildman–Crippen MR) is 104 cm³/mol. The Kier molecular flexibility index (Phi) is 5.79. The molecule has 8 heteroatoms. The van der Waals surface area contributed by atoms with Crippen LogP contribution in [0.1, 0.15) is 24.5 Å². The average molecular weight is 427 g/mol. The van der Waals surface area contributed by atoms with Crippen LogP contribution in [0.25, 0.3) is 5.57 Å². The second-order valence-electron chi connectivity index (χ2n) is 5.85. The first-order valence-corrected chi connectivity index (χ1v) is 10.4. The molecule has 0 radical (unpaired) electrons. The van der Waals surface area contributed by atoms with E-state index in [2.05, 4.69) is 0 Å². The van der Waals surface area contributed by atoms with Crippen LogP contribution in [0, 0.1) is 0 Å². The lowest BCUT2D eigenvalue weighted by Gasteiger charge is -2.10. The van der Waals surface area contributed by atoms with Crippen LogP contribution in [0.5, 0.6) is 5.75 Å². The summed E-state index contributed by atoms with van der Waals surface area (Å²) in [5, 5.41) is 2.09. The molecule has 142 valence electrons. The van der Waals surface area contributed by atoms with Crippen molar-refractivity contribution in [2.45, 2.75) is 24.8 Å². The molecule has 0 N–H and O–H groups in total. The minimum absolute atomic E-state index is 0.0966. The number of carbonyl (C=O) groups excluding carboxylic acids is 1. The second-order valence-corrected chi connectivity index (χ2v) is 8.46. The van der Waals surface area contributed by atoms with Gasteiger partial charge < -0.3 is 9.47 Å². The molecule has 0 aromatic heterocycles. The van der Waals surface area contributed by atoms with Crippen molar-refractivity contribution in [2.24, 2.45) is 0 Å². The van der Waals surface area contributed by atoms with Crippen molar-refractivity contribution in [3.8, 4) is 5.75 Å². The highest BCUT2D eigenvalue weighted by atomic mass is 35.5. The van der Waals surface area contributed by atoms with Crippen molar-refractivity contribution in [1.29, 1.82) is 0 Å². The summed E-state index contributed by atoms with van der Waals surface area (Å²) >= 11 is 12.0. The first-order chi connectivity index (χ1) is 12.8. The molecule has 0 atom stereocenters. The number of esters is 1. The number of hydrogen-bond acceptors (Lipinski definition) is 5. The summed E-state index contributed by atoms with van der Waals surface area (Å²) in [6.07, 6.45) is -0.0966. The minimum atomic E-state index is -3.63. The Labute approximate surface area is 167 Å². The average Bonchev–Trinajstić information content (AvgIpc) is 2.84. The summed E-state index contributed by atoms with van der Waals surface area (Å²) in [6, 6.07) is 9.79. The molecule has 0 saturated carbocycles. The van der Waals surface area contributed by atoms with Crippen molar-refractivity contribution in [3.05, 3.63) is 63.0 Å². The first kappa shape index (κ1) is 19.7. The van der Waals surface area contributed by atoms with E-state index < -0.39 is 15.8 Å². The van der Waals surface area contributed by atoms with Crippen molar-refractivity contribution < 1.29 is 22.7 Å². The Bertz CT molecular complexity index is 1030. The molecule has 0 spiro atoms. The van der Waals surface area contributed by atoms with E-state index in [0.29, 0.717) is 26.9 Å². The summed E-state index contributed by atoms with van der Waals surface area (Å²) in [6.45, 7) is 2.10. The summed E-state index contributed by atoms with van der Waals surface area (Å²) in [4.78, 5) is 11.8. The number of sulfone groups is 1. The molecule has 27 heavy (non-hydrogen) atoms. The predicted octanol–water partition coefficient (Wildman–Crippen LogP) is 4.65. The third kappa shape index (κ3) is 4.46. The Balaban J connectivity index is 1.80. The van der Waals surface area contributed by atoms with Crippen LogP contribution in [0.4, 0.5) is 0 Å². The standard InChI is InChI=1S/C19H16Cl2O5S/c1-2-25-19(22)7-13-11-27(23,24)18-9-15(5-6-16(13)18)26-10-12-3-4-14(20)8-17(12)21/h3-6,8-9,11H,2,7,10H2,1H3. The number of fused-ring (bicyclic) bond motifs is 1. The molecule has 5 nitrogen and oxygen atoms in total. The molecule has 0 aliphatic carbocycles. The van der Waals surface area contributed by atoms with E-state index in [1.165, 1.54) is 6.07 Å². The highest BCUT2D eigenvalue weighted by Gasteiger charge is 2.29. The Morgan fingerprint density at radius 2 is 1.89 bits per heavy atom. The monoisotopic (exact) mass is 426 g/mol. The van der Waals surface area contributed by atoms with Gasteiger partial charge in [-0.15, -0.1) is 0 Å². The van der Waals surface area contributed by atoms with Crippen LogP contribution >= 0.6 is 23.2 Å². The number of halogens is 2. The summed E-state index contributed by atoms with van der Waals surface area (Å²) in [5.74, 6) is -0.0846. The van der Waals surface area contributed by atoms with E-state index >= 15 is 0 Å². The van der Waals surface area contributed by atoms with Gasteiger partial charge in [0.15, 0.2) is 0 Å². The van der Waals surface area contributed by atoms with Crippen molar-refractivity contribution in [3.63, 3.8) is 0 Å². The molecule has 1 aliphatic heterocycles. The summed E-state index contributed by atoms with van der Waals surface area (Å²) < 4.78 is 35.4. The van der Waals surface area contributed by atoms with Gasteiger partial charge in [0.2, 0.25) is 9.84 Å². The van der Waals surface area contributed by atoms with Gasteiger partial charge in [0.05, 0.1) is 17.9 Å². The van der Waals surface area contributed by atoms with Gasteiger partial charge in [-0.25, -0.2) is 8.42 Å². The van der Waals surface area contributed by atoms with Gasteiger partial charge in [-0.1, -0.05) is 29.3 Å². The van der Waals surface area contributed by atoms with E-state index in [1.54, 1.807) is 37.3 Å². The van der Waals surface area contributed by atoms with E-state index in [9.17, 15) is 13.2 Å². The van der Waals surface area contributed by atoms with Crippen LogP contribution in [-0.4, -0.2) is 21.0 Å². The normalized spacial score (nSPS) is 14.4. The largest absolute Gasteiger partial charge is 0.489 e. The van der Waals surface area contributed by atoms with E-state index in [1.807, 2.05) is 0 Å². The quantitative estimate of drug-likeness (QED) is 0.628. The number of rotatable bonds is 6. The number of hydrogen-bond donors (Lipinski definition) is 0. The van der Waals surface area contributed by atoms with Gasteiger partial charge in [0.1, 0.15) is 12.4 Å². The minimum Gasteiger partial charge on any atom is -0.489 e. The summed E-state index contributed by atoms with van der Waals surface area (Å²) in [5.41, 5.74) is 1.63. The molecule has 0 unspecified atom stereocenters. The number of ether oxygens (including phenoxy) is 2. The maximum absolute atomic E-state index is 12.4. The van der Waals surface area contributed by atoms with Crippen LogP contribution in [0.15, 0.2) is 46.7 Å². The Morgan fingerprint density at radius 1 is 1.11 bits per heavy atom. The molecule has 0 amide bonds. The maximum Gasteiger partial charge on any atom is 0.310 e. The zero-order valence-electron chi connectivity index (χ0n) is 14.4. The van der Waals surface area contributed by atoms with Crippen molar-refractivity contribution >= 4 is 44.6 Å². The lowest BCUT2D eigenvalue weighted by atomic mass is 10.0. The van der Waals surface area contributed by atoms with E-state index in [-0.39, 0.29) is 24.5 Å². The first-order valence-electron chi connectivity index (χ1n) is 8.12. The third-order valence-corrected chi connectivity index (χ3v) is 6.09. The van der Waals surface area contributed by atoms with Crippen molar-refractivity contribution in [2.75, 3.05) is 6.61 Å². The van der Waals surface area contributed by atoms with Crippen LogP contribution in [-0.2, 0) is 26.0 Å². The Hall–Kier alpha value is -2.02. The SMILES string of the molecule is CCOC(=O)CC1=CS(=O)(=O)c2cc(OCc3ccc(Cl)cc3Cl)ccc21. The zero-order chi connectivity index (χ0) is 19.6. The van der Waals surface area contributed by atoms with Crippen LogP contribution < -0.4 is 4.74 Å². The molecular formula is C19H16Cl2O5S. The fourth-order valence-electron chi connectivity index (χ4n) is 2.71. The number of carbonyl (C=O) groups is 1. The summed E-state index contributed by atoms with van der Waals surface area (Å²) in [7, 11) is -3.63. The fourth-order valence-corrected chi connectivity index (χ4v) is 4.67. The third-order valence-electron chi connectivity index (χ3n) is 3.95. The highest BCUT2D eigenvalue weighted by Crippen LogP contribution is 2.37. The van der Waals surface area contributed by atoms with Gasteiger partial charge in [0.25, 0.3) is 0 Å². The highest BCUT2D eigenvalue weighted by molar-refractivity contribution is 7.95. The van der Waals surface area contributed by atoms with Gasteiger partial charge >= 0.3 is 5.97 Å². The molecular weight excluding hydrogens is 411 g/mol. The smallest absolute Gasteiger partial charge is 0.310 e. The van der Waals surface area contributed by atoms with Gasteiger partial charge in [-0.05, 0) is 48.4 Å². The second kappa shape index (κ2) is 7.92. The van der Waals surface area contributed by atoms with Crippen LogP contribution in [0.2, 0.25) is 10.0 Å². The molecule has 2 aromatic carbocycles. The molecule has 0 saturated heterocycles. The van der Waals surface area contributed by atoms with E-state index in [4.69, 9.17) is 32.7 Å². The number of benzene rings is 2. The van der Waals surface area contributed by atoms with Crippen LogP contribution in [0.3, 0.4) is 0 Å². The molecule has 2 aromatic rings. The van der Waals surface area contributed by atoms with Gasteiger partial charge in [-0.3, -0.25) is 4.79 Å². The maximum atomic E-state index is 12.4. The lowest BCUT2D eigenvalue weighted by Crippen LogP contribution is -2.04. The van der Waals surface area contributed by atoms with Gasteiger partial charge in [-0.2, -0.15) is 0 Å². The van der Waals surface area contributed by atoms with Gasteiger partial charge in [0, 0.05) is 21.0 Å². The molecule has 1 heterocycles. The molecule has 0 bridgehead atoms. The molecule has 3 rings (SSSR count). The Morgan fingerprint density at radius 3 is 2.59 bits per heavy atom. The molecule has 1 aliphatic rings. The lowest BCUT2D eigenvalue weighted by molar-refractivity contribution is -0.141.